The molecule has 0 aliphatic heterocycles. The third-order valence-electron chi connectivity index (χ3n) is 6.66. The van der Waals surface area contributed by atoms with E-state index in [0.717, 1.165) is 30.0 Å². The summed E-state index contributed by atoms with van der Waals surface area (Å²) in [5.74, 6) is 0.389. The van der Waals surface area contributed by atoms with Crippen molar-refractivity contribution in [2.45, 2.75) is 25.8 Å². The Hall–Kier alpha value is -4.67. The van der Waals surface area contributed by atoms with Gasteiger partial charge < -0.3 is 9.47 Å². The first-order valence-corrected chi connectivity index (χ1v) is 13.6. The molecule has 0 saturated carbocycles. The molecule has 0 fully saturated rings. The first-order valence-electron chi connectivity index (χ1n) is 13.6. The van der Waals surface area contributed by atoms with E-state index in [1.807, 2.05) is 84.9 Å². The minimum absolute atomic E-state index is 0.347. The van der Waals surface area contributed by atoms with Crippen molar-refractivity contribution >= 4 is 5.97 Å². The smallest absolute Gasteiger partial charge is 0.338 e. The molecule has 4 nitrogen and oxygen atoms in total. The van der Waals surface area contributed by atoms with Gasteiger partial charge in [0.25, 0.3) is 0 Å². The monoisotopic (exact) mass is 527 g/mol. The van der Waals surface area contributed by atoms with E-state index in [1.165, 1.54) is 11.1 Å². The zero-order valence-electron chi connectivity index (χ0n) is 22.4. The summed E-state index contributed by atoms with van der Waals surface area (Å²) < 4.78 is 12.3. The van der Waals surface area contributed by atoms with E-state index in [9.17, 15) is 4.79 Å². The second-order valence-corrected chi connectivity index (χ2v) is 9.75. The van der Waals surface area contributed by atoms with Crippen molar-refractivity contribution in [2.75, 3.05) is 6.54 Å². The lowest BCUT2D eigenvalue weighted by Gasteiger charge is -2.28. The number of rotatable bonds is 12. The van der Waals surface area contributed by atoms with Crippen LogP contribution in [-0.4, -0.2) is 17.4 Å². The van der Waals surface area contributed by atoms with Crippen LogP contribution in [0.2, 0.25) is 0 Å². The summed E-state index contributed by atoms with van der Waals surface area (Å²) in [5.41, 5.74) is 4.91. The van der Waals surface area contributed by atoms with Gasteiger partial charge in [-0.05, 0) is 46.5 Å². The quantitative estimate of drug-likeness (QED) is 0.155. The van der Waals surface area contributed by atoms with Gasteiger partial charge in [0.1, 0.15) is 18.5 Å². The third-order valence-corrected chi connectivity index (χ3v) is 6.66. The van der Waals surface area contributed by atoms with Gasteiger partial charge in [-0.15, -0.1) is 0 Å². The lowest BCUT2D eigenvalue weighted by atomic mass is 10.1. The molecule has 200 valence electrons. The molecule has 0 saturated heterocycles. The van der Waals surface area contributed by atoms with Crippen molar-refractivity contribution in [2.24, 2.45) is 0 Å². The van der Waals surface area contributed by atoms with Gasteiger partial charge in [0.15, 0.2) is 0 Å². The van der Waals surface area contributed by atoms with Crippen molar-refractivity contribution < 1.29 is 14.3 Å². The summed E-state index contributed by atoms with van der Waals surface area (Å²) in [6.45, 7) is 2.43. The number of benzene rings is 5. The van der Waals surface area contributed by atoms with Crippen molar-refractivity contribution in [3.63, 3.8) is 0 Å². The van der Waals surface area contributed by atoms with Crippen LogP contribution in [0.25, 0.3) is 0 Å². The molecular weight excluding hydrogens is 494 g/mol. The number of carbonyl (C=O) groups is 1. The Labute approximate surface area is 236 Å². The Balaban J connectivity index is 1.41. The number of carbonyl (C=O) groups excluding carboxylic acids is 1. The lowest BCUT2D eigenvalue weighted by molar-refractivity contribution is 0.0178. The average molecular weight is 528 g/mol. The predicted molar refractivity (Wildman–Crippen MR) is 159 cm³/mol. The molecule has 1 unspecified atom stereocenters. The highest BCUT2D eigenvalue weighted by Crippen LogP contribution is 2.27. The fourth-order valence-corrected chi connectivity index (χ4v) is 4.63. The number of nitrogens with zero attached hydrogens (tertiary/aromatic N) is 1. The zero-order chi connectivity index (χ0) is 27.4. The first-order chi connectivity index (χ1) is 19.7. The second kappa shape index (κ2) is 13.9. The predicted octanol–water partition coefficient (Wildman–Crippen LogP) is 7.87. The average Bonchev–Trinajstić information content (AvgIpc) is 3.02. The Morgan fingerprint density at radius 2 is 1.12 bits per heavy atom. The van der Waals surface area contributed by atoms with Crippen molar-refractivity contribution in [3.05, 3.63) is 173 Å². The van der Waals surface area contributed by atoms with Gasteiger partial charge in [-0.1, -0.05) is 121 Å². The van der Waals surface area contributed by atoms with E-state index in [1.54, 1.807) is 12.1 Å². The Kier molecular flexibility index (Phi) is 9.37. The van der Waals surface area contributed by atoms with Gasteiger partial charge in [0.2, 0.25) is 0 Å². The minimum Gasteiger partial charge on any atom is -0.489 e. The maximum absolute atomic E-state index is 13.3. The molecule has 4 heteroatoms. The van der Waals surface area contributed by atoms with Crippen molar-refractivity contribution in [3.8, 4) is 5.75 Å². The molecule has 0 bridgehead atoms. The Morgan fingerprint density at radius 1 is 0.600 bits per heavy atom. The molecule has 5 aromatic rings. The molecule has 5 rings (SSSR count). The number of esters is 1. The van der Waals surface area contributed by atoms with Crippen LogP contribution in [0.3, 0.4) is 0 Å². The second-order valence-electron chi connectivity index (χ2n) is 9.75. The van der Waals surface area contributed by atoms with Crippen LogP contribution in [0.5, 0.6) is 5.75 Å². The van der Waals surface area contributed by atoms with Gasteiger partial charge in [-0.2, -0.15) is 0 Å². The molecule has 0 spiro atoms. The number of hydrogen-bond acceptors (Lipinski definition) is 4. The molecule has 1 atom stereocenters. The van der Waals surface area contributed by atoms with Crippen LogP contribution >= 0.6 is 0 Å². The summed E-state index contributed by atoms with van der Waals surface area (Å²) >= 11 is 0. The molecule has 0 radical (unpaired) electrons. The first kappa shape index (κ1) is 26.9. The van der Waals surface area contributed by atoms with Gasteiger partial charge in [-0.25, -0.2) is 4.79 Å². The van der Waals surface area contributed by atoms with Gasteiger partial charge in [0.05, 0.1) is 5.56 Å². The molecule has 0 heterocycles. The fourth-order valence-electron chi connectivity index (χ4n) is 4.63. The molecule has 0 aliphatic rings. The van der Waals surface area contributed by atoms with Crippen LogP contribution in [0.15, 0.2) is 146 Å². The van der Waals surface area contributed by atoms with Crippen molar-refractivity contribution in [1.29, 1.82) is 0 Å². The van der Waals surface area contributed by atoms with E-state index in [2.05, 4.69) is 53.4 Å². The van der Waals surface area contributed by atoms with E-state index in [4.69, 9.17) is 9.47 Å². The molecule has 40 heavy (non-hydrogen) atoms. The molecule has 5 aromatic carbocycles. The van der Waals surface area contributed by atoms with Gasteiger partial charge in [-0.3, -0.25) is 4.90 Å². The number of hydrogen-bond donors (Lipinski definition) is 0. The maximum Gasteiger partial charge on any atom is 0.338 e. The van der Waals surface area contributed by atoms with Crippen LogP contribution in [-0.2, 0) is 24.4 Å². The largest absolute Gasteiger partial charge is 0.489 e. The topological polar surface area (TPSA) is 38.8 Å². The summed E-state index contributed by atoms with van der Waals surface area (Å²) in [6.07, 6.45) is -0.500. The zero-order valence-corrected chi connectivity index (χ0v) is 22.4. The summed E-state index contributed by atoms with van der Waals surface area (Å²) in [7, 11) is 0. The standard InChI is InChI=1S/C36H33NO3/c38-36(32-20-11-4-12-21-32)40-35(33-22-13-23-34(24-33)39-28-31-18-9-3-10-19-31)27-37(25-29-14-5-1-6-15-29)26-30-16-7-2-8-17-30/h1-24,35H,25-28H2. The Morgan fingerprint density at radius 3 is 1.70 bits per heavy atom. The molecule has 0 N–H and O–H groups in total. The molecule has 0 amide bonds. The highest BCUT2D eigenvalue weighted by atomic mass is 16.5. The summed E-state index contributed by atoms with van der Waals surface area (Å²) in [5, 5.41) is 0. The summed E-state index contributed by atoms with van der Waals surface area (Å²) in [4.78, 5) is 15.6. The molecule has 0 aliphatic carbocycles. The lowest BCUT2D eigenvalue weighted by Crippen LogP contribution is -2.30. The van der Waals surface area contributed by atoms with E-state index >= 15 is 0 Å². The minimum atomic E-state index is -0.500. The van der Waals surface area contributed by atoms with E-state index < -0.39 is 6.10 Å². The van der Waals surface area contributed by atoms with Crippen LogP contribution in [0.1, 0.15) is 38.7 Å². The Bertz CT molecular complexity index is 1420. The molecular formula is C36H33NO3. The number of ether oxygens (including phenoxy) is 2. The van der Waals surface area contributed by atoms with E-state index in [0.29, 0.717) is 18.7 Å². The third kappa shape index (κ3) is 7.92. The van der Waals surface area contributed by atoms with E-state index in [-0.39, 0.29) is 5.97 Å². The van der Waals surface area contributed by atoms with Crippen LogP contribution in [0, 0.1) is 0 Å². The fraction of sp³-hybridized carbons (Fsp3) is 0.139. The maximum atomic E-state index is 13.3. The summed E-state index contributed by atoms with van der Waals surface area (Å²) in [6, 6.07) is 47.9. The van der Waals surface area contributed by atoms with Crippen LogP contribution in [0.4, 0.5) is 0 Å². The van der Waals surface area contributed by atoms with Crippen molar-refractivity contribution in [1.82, 2.24) is 4.90 Å². The SMILES string of the molecule is O=C(OC(CN(Cc1ccccc1)Cc1ccccc1)c1cccc(OCc2ccccc2)c1)c1ccccc1. The highest BCUT2D eigenvalue weighted by molar-refractivity contribution is 5.89. The van der Waals surface area contributed by atoms with Gasteiger partial charge >= 0.3 is 5.97 Å². The highest BCUT2D eigenvalue weighted by Gasteiger charge is 2.22. The molecule has 0 aromatic heterocycles. The normalized spacial score (nSPS) is 11.6. The van der Waals surface area contributed by atoms with Gasteiger partial charge in [0, 0.05) is 19.6 Å². The van der Waals surface area contributed by atoms with Crippen LogP contribution < -0.4 is 4.74 Å².